The molecule has 0 aliphatic carbocycles. The second-order valence-corrected chi connectivity index (χ2v) is 5.63. The van der Waals surface area contributed by atoms with Gasteiger partial charge in [0.05, 0.1) is 17.1 Å². The highest BCUT2D eigenvalue weighted by molar-refractivity contribution is 6.33. The van der Waals surface area contributed by atoms with Crippen LogP contribution in [-0.4, -0.2) is 10.8 Å². The normalized spacial score (nSPS) is 11.8. The first kappa shape index (κ1) is 18.0. The van der Waals surface area contributed by atoms with Gasteiger partial charge in [-0.05, 0) is 37.3 Å². The summed E-state index contributed by atoms with van der Waals surface area (Å²) in [5.74, 6) is -0.390. The first-order valence-corrected chi connectivity index (χ1v) is 7.76. The average Bonchev–Trinajstić information content (AvgIpc) is 2.57. The number of aromatic nitrogens is 1. The van der Waals surface area contributed by atoms with Gasteiger partial charge < -0.3 is 21.0 Å². The van der Waals surface area contributed by atoms with Crippen LogP contribution in [0.25, 0.3) is 11.3 Å². The third kappa shape index (κ3) is 3.60. The lowest BCUT2D eigenvalue weighted by atomic mass is 10.1. The van der Waals surface area contributed by atoms with Crippen molar-refractivity contribution in [3.05, 3.63) is 62.4 Å². The fourth-order valence-electron chi connectivity index (χ4n) is 2.20. The molecule has 1 heterocycles. The van der Waals surface area contributed by atoms with E-state index in [1.807, 2.05) is 0 Å². The molecule has 5 nitrogen and oxygen atoms in total. The molecule has 0 aliphatic heterocycles. The van der Waals surface area contributed by atoms with E-state index in [0.717, 1.165) is 6.21 Å². The van der Waals surface area contributed by atoms with Crippen molar-refractivity contribution in [1.82, 2.24) is 4.57 Å². The molecule has 1 aromatic heterocycles. The van der Waals surface area contributed by atoms with Crippen molar-refractivity contribution in [3.63, 3.8) is 0 Å². The Bertz CT molecular complexity index is 860. The molecule has 2 rings (SSSR count). The lowest BCUT2D eigenvalue weighted by Gasteiger charge is -2.18. The van der Waals surface area contributed by atoms with Gasteiger partial charge in [-0.2, -0.15) is 0 Å². The monoisotopic (exact) mass is 368 g/mol. The third-order valence-corrected chi connectivity index (χ3v) is 3.92. The zero-order valence-corrected chi connectivity index (χ0v) is 14.2. The van der Waals surface area contributed by atoms with E-state index in [9.17, 15) is 9.18 Å². The Morgan fingerprint density at radius 2 is 2.04 bits per heavy atom. The summed E-state index contributed by atoms with van der Waals surface area (Å²) in [6.07, 6.45) is 0.893. The lowest BCUT2D eigenvalue weighted by molar-refractivity contribution is 0.628. The second kappa shape index (κ2) is 7.51. The molecule has 0 saturated heterocycles. The second-order valence-electron chi connectivity index (χ2n) is 4.85. The van der Waals surface area contributed by atoms with Crippen LogP contribution < -0.4 is 16.6 Å². The van der Waals surface area contributed by atoms with Gasteiger partial charge in [0.25, 0.3) is 5.56 Å². The molecule has 0 fully saturated rings. The minimum atomic E-state index is -0.390. The van der Waals surface area contributed by atoms with Gasteiger partial charge in [0.2, 0.25) is 0 Å². The average molecular weight is 369 g/mol. The van der Waals surface area contributed by atoms with Crippen LogP contribution in [0.3, 0.4) is 0 Å². The molecule has 0 aliphatic rings. The molecule has 0 saturated carbocycles. The van der Waals surface area contributed by atoms with Gasteiger partial charge >= 0.3 is 0 Å². The molecule has 126 valence electrons. The van der Waals surface area contributed by atoms with E-state index >= 15 is 0 Å². The Labute approximate surface area is 148 Å². The first-order valence-electron chi connectivity index (χ1n) is 7.01. The molecule has 1 aromatic carbocycles. The number of pyridine rings is 1. The predicted octanol–water partition coefficient (Wildman–Crippen LogP) is 3.76. The zero-order chi connectivity index (χ0) is 17.9. The number of nitrogens with two attached hydrogens (primary N) is 1. The van der Waals surface area contributed by atoms with Crippen LogP contribution in [0.2, 0.25) is 5.02 Å². The van der Waals surface area contributed by atoms with Crippen LogP contribution in [0.5, 0.6) is 0 Å². The standard InChI is InChI=1S/C16H15Cl2FN4O/c1-2-23-14(9-3-5-10(19)6-4-9)13(7-11(17)16(23)24)22-15(18)12(21)8-20/h3-8,20,22H,2,21H2,1H3/b15-12+,20-8?. The third-order valence-electron chi connectivity index (χ3n) is 3.33. The maximum absolute atomic E-state index is 13.2. The Morgan fingerprint density at radius 3 is 2.58 bits per heavy atom. The van der Waals surface area contributed by atoms with Gasteiger partial charge in [0, 0.05) is 18.3 Å². The largest absolute Gasteiger partial charge is 0.395 e. The Balaban J connectivity index is 2.74. The van der Waals surface area contributed by atoms with Crippen molar-refractivity contribution in [2.45, 2.75) is 13.5 Å². The summed E-state index contributed by atoms with van der Waals surface area (Å²) in [4.78, 5) is 12.3. The van der Waals surface area contributed by atoms with Crippen molar-refractivity contribution in [2.24, 2.45) is 5.73 Å². The maximum atomic E-state index is 13.2. The summed E-state index contributed by atoms with van der Waals surface area (Å²) in [5.41, 5.74) is 6.76. The number of hydrogen-bond acceptors (Lipinski definition) is 4. The molecular formula is C16H15Cl2FN4O. The van der Waals surface area contributed by atoms with E-state index in [1.54, 1.807) is 19.1 Å². The van der Waals surface area contributed by atoms with Crippen LogP contribution in [0.1, 0.15) is 6.92 Å². The minimum Gasteiger partial charge on any atom is -0.395 e. The molecule has 0 unspecified atom stereocenters. The molecule has 24 heavy (non-hydrogen) atoms. The lowest BCUT2D eigenvalue weighted by Crippen LogP contribution is -2.23. The van der Waals surface area contributed by atoms with Crippen molar-refractivity contribution in [3.8, 4) is 11.3 Å². The molecule has 2 aromatic rings. The zero-order valence-electron chi connectivity index (χ0n) is 12.7. The van der Waals surface area contributed by atoms with Crippen molar-refractivity contribution < 1.29 is 4.39 Å². The quantitative estimate of drug-likeness (QED) is 0.554. The Kier molecular flexibility index (Phi) is 5.64. The fourth-order valence-corrected chi connectivity index (χ4v) is 2.57. The Hall–Kier alpha value is -2.31. The number of hydrogen-bond donors (Lipinski definition) is 3. The highest BCUT2D eigenvalue weighted by atomic mass is 35.5. The van der Waals surface area contributed by atoms with Crippen LogP contribution in [0.15, 0.2) is 46.0 Å². The number of anilines is 1. The van der Waals surface area contributed by atoms with Crippen LogP contribution in [-0.2, 0) is 6.54 Å². The van der Waals surface area contributed by atoms with E-state index in [-0.39, 0.29) is 21.4 Å². The number of nitrogens with zero attached hydrogens (tertiary/aromatic N) is 1. The van der Waals surface area contributed by atoms with Crippen molar-refractivity contribution >= 4 is 35.1 Å². The summed E-state index contributed by atoms with van der Waals surface area (Å²) < 4.78 is 14.7. The van der Waals surface area contributed by atoms with E-state index < -0.39 is 5.82 Å². The van der Waals surface area contributed by atoms with Crippen molar-refractivity contribution in [2.75, 3.05) is 5.32 Å². The van der Waals surface area contributed by atoms with E-state index in [2.05, 4.69) is 5.32 Å². The van der Waals surface area contributed by atoms with Gasteiger partial charge in [-0.1, -0.05) is 23.2 Å². The van der Waals surface area contributed by atoms with Crippen molar-refractivity contribution in [1.29, 1.82) is 5.41 Å². The summed E-state index contributed by atoms with van der Waals surface area (Å²) in [7, 11) is 0. The van der Waals surface area contributed by atoms with Gasteiger partial charge in [-0.25, -0.2) is 4.39 Å². The van der Waals surface area contributed by atoms with Gasteiger partial charge in [0.1, 0.15) is 16.0 Å². The maximum Gasteiger partial charge on any atom is 0.269 e. The molecule has 0 bridgehead atoms. The molecular weight excluding hydrogens is 354 g/mol. The SMILES string of the molecule is CCn1c(-c2ccc(F)cc2)c(N/C(Cl)=C(/N)C=N)cc(Cl)c1=O. The summed E-state index contributed by atoms with van der Waals surface area (Å²) in [5, 5.41) is 10.0. The van der Waals surface area contributed by atoms with Crippen LogP contribution in [0, 0.1) is 11.2 Å². The molecule has 4 N–H and O–H groups in total. The van der Waals surface area contributed by atoms with Gasteiger partial charge in [0.15, 0.2) is 0 Å². The Morgan fingerprint density at radius 1 is 1.42 bits per heavy atom. The summed E-state index contributed by atoms with van der Waals surface area (Å²) >= 11 is 12.1. The van der Waals surface area contributed by atoms with Gasteiger partial charge in [-0.15, -0.1) is 0 Å². The summed E-state index contributed by atoms with van der Waals surface area (Å²) in [6, 6.07) is 7.11. The smallest absolute Gasteiger partial charge is 0.269 e. The number of rotatable bonds is 5. The highest BCUT2D eigenvalue weighted by Crippen LogP contribution is 2.30. The van der Waals surface area contributed by atoms with E-state index in [0.29, 0.717) is 23.5 Å². The molecule has 8 heteroatoms. The predicted molar refractivity (Wildman–Crippen MR) is 96.3 cm³/mol. The molecule has 0 atom stereocenters. The highest BCUT2D eigenvalue weighted by Gasteiger charge is 2.16. The number of benzene rings is 1. The van der Waals surface area contributed by atoms with E-state index in [4.69, 9.17) is 34.3 Å². The molecule has 0 radical (unpaired) electrons. The van der Waals surface area contributed by atoms with Gasteiger partial charge in [-0.3, -0.25) is 4.79 Å². The summed E-state index contributed by atoms with van der Waals surface area (Å²) in [6.45, 7) is 2.14. The topological polar surface area (TPSA) is 83.9 Å². The minimum absolute atomic E-state index is 0.00287. The molecule has 0 amide bonds. The van der Waals surface area contributed by atoms with Crippen LogP contribution >= 0.6 is 23.2 Å². The molecule has 0 spiro atoms. The van der Waals surface area contributed by atoms with Crippen LogP contribution in [0.4, 0.5) is 10.1 Å². The first-order chi connectivity index (χ1) is 11.4. The number of halogens is 3. The number of allylic oxidation sites excluding steroid dienone is 1. The number of nitrogens with one attached hydrogen (secondary N) is 2. The van der Waals surface area contributed by atoms with E-state index in [1.165, 1.54) is 22.8 Å². The fraction of sp³-hybridized carbons (Fsp3) is 0.125.